The van der Waals surface area contributed by atoms with E-state index in [9.17, 15) is 0 Å². The molecule has 0 radical (unpaired) electrons. The van der Waals surface area contributed by atoms with E-state index < -0.39 is 0 Å². The maximum Gasteiger partial charge on any atom is 0.135 e. The minimum Gasteiger partial charge on any atom is -0.456 e. The van der Waals surface area contributed by atoms with E-state index in [1.807, 2.05) is 0 Å². The number of rotatable bonds is 5. The second-order valence-corrected chi connectivity index (χ2v) is 16.9. The fourth-order valence-electron chi connectivity index (χ4n) is 10.5. The Hall–Kier alpha value is -8.60. The molecule has 4 aromatic heterocycles. The highest BCUT2D eigenvalue weighted by Gasteiger charge is 2.20. The Balaban J connectivity index is 1.00. The first kappa shape index (κ1) is 35.0. The normalized spacial score (nSPS) is 12.1. The molecule has 298 valence electrons. The lowest BCUT2D eigenvalue weighted by Gasteiger charge is -2.11. The Labute approximate surface area is 367 Å². The van der Waals surface area contributed by atoms with Crippen LogP contribution in [0.15, 0.2) is 229 Å². The number of aromatic nitrogens is 3. The predicted molar refractivity (Wildman–Crippen MR) is 268 cm³/mol. The second kappa shape index (κ2) is 13.4. The van der Waals surface area contributed by atoms with Crippen LogP contribution < -0.4 is 0 Å². The lowest BCUT2D eigenvalue weighted by Crippen LogP contribution is -1.96. The minimum atomic E-state index is 0.872. The average molecular weight is 816 g/mol. The third-order valence-electron chi connectivity index (χ3n) is 13.4. The van der Waals surface area contributed by atoms with Crippen LogP contribution in [0.4, 0.5) is 0 Å². The van der Waals surface area contributed by atoms with Crippen molar-refractivity contribution in [2.24, 2.45) is 0 Å². The Kier molecular flexibility index (Phi) is 7.36. The zero-order valence-corrected chi connectivity index (χ0v) is 34.6. The van der Waals surface area contributed by atoms with Gasteiger partial charge in [-0.3, -0.25) is 0 Å². The summed E-state index contributed by atoms with van der Waals surface area (Å²) in [6.45, 7) is 0. The topological polar surface area (TPSA) is 27.9 Å². The van der Waals surface area contributed by atoms with Gasteiger partial charge in [0.05, 0.1) is 33.1 Å². The van der Waals surface area contributed by atoms with Crippen molar-refractivity contribution in [1.29, 1.82) is 0 Å². The predicted octanol–water partition coefficient (Wildman–Crippen LogP) is 16.2. The van der Waals surface area contributed by atoms with Crippen LogP contribution in [0.1, 0.15) is 0 Å². The van der Waals surface area contributed by atoms with E-state index in [1.54, 1.807) is 0 Å². The van der Waals surface area contributed by atoms with Crippen molar-refractivity contribution in [1.82, 2.24) is 13.7 Å². The molecule has 0 unspecified atom stereocenters. The first-order chi connectivity index (χ1) is 31.7. The summed E-state index contributed by atoms with van der Waals surface area (Å²) in [6, 6.07) is 81.6. The highest BCUT2D eigenvalue weighted by Crippen LogP contribution is 2.41. The Morgan fingerprint density at radius 3 is 1.09 bits per heavy atom. The van der Waals surface area contributed by atoms with Gasteiger partial charge in [-0.25, -0.2) is 0 Å². The molecule has 10 aromatic carbocycles. The lowest BCUT2D eigenvalue weighted by molar-refractivity contribution is 0.669. The monoisotopic (exact) mass is 815 g/mol. The van der Waals surface area contributed by atoms with Crippen LogP contribution in [0.3, 0.4) is 0 Å². The summed E-state index contributed by atoms with van der Waals surface area (Å²) in [6.07, 6.45) is 0. The maximum absolute atomic E-state index is 6.52. The highest BCUT2D eigenvalue weighted by atomic mass is 16.3. The van der Waals surface area contributed by atoms with E-state index in [0.717, 1.165) is 55.6 Å². The number of hydrogen-bond donors (Lipinski definition) is 0. The van der Waals surface area contributed by atoms with E-state index in [1.165, 1.54) is 71.1 Å². The maximum atomic E-state index is 6.52. The fraction of sp³-hybridized carbons (Fsp3) is 0. The molecule has 0 N–H and O–H groups in total. The quantitative estimate of drug-likeness (QED) is 0.170. The van der Waals surface area contributed by atoms with E-state index in [4.69, 9.17) is 4.42 Å². The molecular weight excluding hydrogens is 779 g/mol. The van der Waals surface area contributed by atoms with E-state index in [-0.39, 0.29) is 0 Å². The summed E-state index contributed by atoms with van der Waals surface area (Å²) in [4.78, 5) is 0. The molecule has 0 saturated carbocycles. The van der Waals surface area contributed by atoms with Gasteiger partial charge in [-0.1, -0.05) is 127 Å². The van der Waals surface area contributed by atoms with Crippen LogP contribution in [0, 0.1) is 0 Å². The first-order valence-electron chi connectivity index (χ1n) is 21.9. The summed E-state index contributed by atoms with van der Waals surface area (Å²) < 4.78 is 13.8. The minimum absolute atomic E-state index is 0.872. The van der Waals surface area contributed by atoms with Gasteiger partial charge in [-0.2, -0.15) is 0 Å². The molecule has 4 heteroatoms. The molecule has 0 aliphatic carbocycles. The molecule has 14 aromatic rings. The molecule has 0 spiro atoms. The van der Waals surface area contributed by atoms with Crippen molar-refractivity contribution in [3.8, 4) is 39.3 Å². The van der Waals surface area contributed by atoms with E-state index >= 15 is 0 Å². The number of benzene rings is 10. The van der Waals surface area contributed by atoms with Gasteiger partial charge < -0.3 is 18.1 Å². The summed E-state index contributed by atoms with van der Waals surface area (Å²) >= 11 is 0. The van der Waals surface area contributed by atoms with Crippen LogP contribution in [-0.2, 0) is 0 Å². The van der Waals surface area contributed by atoms with Crippen LogP contribution in [-0.4, -0.2) is 13.7 Å². The van der Waals surface area contributed by atoms with Crippen LogP contribution in [0.5, 0.6) is 0 Å². The van der Waals surface area contributed by atoms with Crippen molar-refractivity contribution in [3.05, 3.63) is 224 Å². The number of nitrogens with zero attached hydrogens (tertiary/aromatic N) is 3. The van der Waals surface area contributed by atoms with Gasteiger partial charge >= 0.3 is 0 Å². The SMILES string of the molecule is c1ccc(-c2cccc(-c3ccc4oc5ccc(-n6c7ccc(-n8c9ccccc9c9ccccc98)cc7c7cc(-n8c9ccccc9c9ccccc98)ccc76)cc5c4c3)c2)cc1. The van der Waals surface area contributed by atoms with Gasteiger partial charge in [0, 0.05) is 60.2 Å². The van der Waals surface area contributed by atoms with E-state index in [2.05, 4.69) is 238 Å². The van der Waals surface area contributed by atoms with Crippen molar-refractivity contribution >= 4 is 87.4 Å². The molecule has 64 heavy (non-hydrogen) atoms. The third kappa shape index (κ3) is 5.11. The van der Waals surface area contributed by atoms with Crippen LogP contribution >= 0.6 is 0 Å². The van der Waals surface area contributed by atoms with Gasteiger partial charge in [0.25, 0.3) is 0 Å². The van der Waals surface area contributed by atoms with Gasteiger partial charge in [0.2, 0.25) is 0 Å². The largest absolute Gasteiger partial charge is 0.456 e. The zero-order valence-electron chi connectivity index (χ0n) is 34.6. The molecular formula is C60H37N3O. The molecule has 4 nitrogen and oxygen atoms in total. The molecule has 4 heterocycles. The standard InChI is InChI=1S/C60H37N3O/c1-2-13-38(14-3-1)39-15-12-16-40(33-39)41-25-31-59-51(34-41)52-37-44(28-32-60(52)64-59)63-57-29-26-42(61-53-21-8-4-17-45(53)46-18-5-9-22-54(46)61)35-49(57)50-36-43(27-30-58(50)63)62-55-23-10-6-19-47(55)48-20-7-11-24-56(48)62/h1-37H. The van der Waals surface area contributed by atoms with E-state index in [0.29, 0.717) is 0 Å². The van der Waals surface area contributed by atoms with Crippen molar-refractivity contribution in [2.45, 2.75) is 0 Å². The van der Waals surface area contributed by atoms with Gasteiger partial charge in [-0.15, -0.1) is 0 Å². The Morgan fingerprint density at radius 2 is 0.578 bits per heavy atom. The lowest BCUT2D eigenvalue weighted by atomic mass is 9.98. The Morgan fingerprint density at radius 1 is 0.219 bits per heavy atom. The highest BCUT2D eigenvalue weighted by molar-refractivity contribution is 6.15. The van der Waals surface area contributed by atoms with Crippen LogP contribution in [0.25, 0.3) is 127 Å². The number of furan rings is 1. The summed E-state index contributed by atoms with van der Waals surface area (Å²) in [5.74, 6) is 0. The van der Waals surface area contributed by atoms with Crippen molar-refractivity contribution in [2.75, 3.05) is 0 Å². The van der Waals surface area contributed by atoms with Crippen molar-refractivity contribution < 1.29 is 4.42 Å². The number of fused-ring (bicyclic) bond motifs is 12. The number of hydrogen-bond acceptors (Lipinski definition) is 1. The molecule has 0 aliphatic heterocycles. The van der Waals surface area contributed by atoms with Crippen LogP contribution in [0.2, 0.25) is 0 Å². The fourth-order valence-corrected chi connectivity index (χ4v) is 10.5. The smallest absolute Gasteiger partial charge is 0.135 e. The Bertz CT molecular complexity index is 3920. The molecule has 0 atom stereocenters. The molecule has 0 fully saturated rings. The zero-order chi connectivity index (χ0) is 41.9. The molecule has 0 amide bonds. The number of para-hydroxylation sites is 4. The molecule has 14 rings (SSSR count). The second-order valence-electron chi connectivity index (χ2n) is 16.9. The van der Waals surface area contributed by atoms with Gasteiger partial charge in [-0.05, 0) is 119 Å². The summed E-state index contributed by atoms with van der Waals surface area (Å²) in [7, 11) is 0. The molecule has 0 aliphatic rings. The third-order valence-corrected chi connectivity index (χ3v) is 13.4. The van der Waals surface area contributed by atoms with Crippen molar-refractivity contribution in [3.63, 3.8) is 0 Å². The summed E-state index contributed by atoms with van der Waals surface area (Å²) in [5, 5.41) is 9.58. The van der Waals surface area contributed by atoms with Gasteiger partial charge in [0.1, 0.15) is 11.2 Å². The summed E-state index contributed by atoms with van der Waals surface area (Å²) in [5.41, 5.74) is 16.9. The molecule has 0 saturated heterocycles. The first-order valence-corrected chi connectivity index (χ1v) is 21.9. The average Bonchev–Trinajstić information content (AvgIpc) is 4.10. The van der Waals surface area contributed by atoms with Gasteiger partial charge in [0.15, 0.2) is 0 Å². The molecule has 0 bridgehead atoms.